The van der Waals surface area contributed by atoms with Crippen molar-refractivity contribution in [1.82, 2.24) is 10.1 Å². The molecule has 0 aliphatic carbocycles. The molecule has 0 spiro atoms. The topological polar surface area (TPSA) is 97.1 Å². The molecule has 7 heteroatoms. The van der Waals surface area contributed by atoms with Gasteiger partial charge in [0.15, 0.2) is 5.82 Å². The van der Waals surface area contributed by atoms with E-state index < -0.39 is 5.91 Å². The SMILES string of the molecule is CCc1cccc(C)c1NC(=O)c1cc(C(=O)Nc2cc(C)on2)ccn1. The Morgan fingerprint density at radius 1 is 1.07 bits per heavy atom. The van der Waals surface area contributed by atoms with E-state index in [-0.39, 0.29) is 11.6 Å². The van der Waals surface area contributed by atoms with Gasteiger partial charge in [-0.2, -0.15) is 0 Å². The summed E-state index contributed by atoms with van der Waals surface area (Å²) in [6, 6.07) is 10.5. The van der Waals surface area contributed by atoms with Crippen molar-refractivity contribution in [2.24, 2.45) is 0 Å². The molecule has 0 aliphatic heterocycles. The molecule has 27 heavy (non-hydrogen) atoms. The number of amides is 2. The highest BCUT2D eigenvalue weighted by Gasteiger charge is 2.15. The van der Waals surface area contributed by atoms with Crippen LogP contribution in [0.25, 0.3) is 0 Å². The molecule has 0 bridgehead atoms. The molecule has 0 radical (unpaired) electrons. The van der Waals surface area contributed by atoms with Gasteiger partial charge in [0.25, 0.3) is 11.8 Å². The Bertz CT molecular complexity index is 994. The van der Waals surface area contributed by atoms with Crippen molar-refractivity contribution in [3.05, 3.63) is 70.7 Å². The molecule has 2 aromatic heterocycles. The first-order valence-corrected chi connectivity index (χ1v) is 8.58. The van der Waals surface area contributed by atoms with Crippen LogP contribution in [0.2, 0.25) is 0 Å². The molecule has 0 aliphatic rings. The highest BCUT2D eigenvalue weighted by molar-refractivity contribution is 6.07. The largest absolute Gasteiger partial charge is 0.360 e. The summed E-state index contributed by atoms with van der Waals surface area (Å²) in [7, 11) is 0. The predicted molar refractivity (Wildman–Crippen MR) is 102 cm³/mol. The lowest BCUT2D eigenvalue weighted by Crippen LogP contribution is -2.18. The number of benzene rings is 1. The summed E-state index contributed by atoms with van der Waals surface area (Å²) >= 11 is 0. The van der Waals surface area contributed by atoms with Crippen LogP contribution >= 0.6 is 0 Å². The number of para-hydroxylation sites is 1. The molecule has 0 unspecified atom stereocenters. The van der Waals surface area contributed by atoms with Gasteiger partial charge < -0.3 is 15.2 Å². The third-order valence-corrected chi connectivity index (χ3v) is 4.10. The van der Waals surface area contributed by atoms with E-state index in [1.54, 1.807) is 13.0 Å². The Morgan fingerprint density at radius 3 is 2.59 bits per heavy atom. The molecule has 0 fully saturated rings. The van der Waals surface area contributed by atoms with Crippen LogP contribution in [0.15, 0.2) is 47.1 Å². The number of rotatable bonds is 5. The summed E-state index contributed by atoms with van der Waals surface area (Å²) < 4.78 is 4.92. The summed E-state index contributed by atoms with van der Waals surface area (Å²) in [4.78, 5) is 29.1. The molecule has 138 valence electrons. The average molecular weight is 364 g/mol. The highest BCUT2D eigenvalue weighted by atomic mass is 16.5. The standard InChI is InChI=1S/C20H20N4O3/c1-4-14-7-5-6-12(2)18(14)23-20(26)16-11-15(8-9-21-16)19(25)22-17-10-13(3)27-24-17/h5-11H,4H2,1-3H3,(H,23,26)(H,22,24,25). The summed E-state index contributed by atoms with van der Waals surface area (Å²) in [6.07, 6.45) is 2.22. The van der Waals surface area contributed by atoms with Crippen LogP contribution in [0.3, 0.4) is 0 Å². The van der Waals surface area contributed by atoms with Crippen LogP contribution < -0.4 is 10.6 Å². The van der Waals surface area contributed by atoms with Crippen molar-refractivity contribution in [1.29, 1.82) is 0 Å². The van der Waals surface area contributed by atoms with Gasteiger partial charge in [0.05, 0.1) is 0 Å². The minimum Gasteiger partial charge on any atom is -0.360 e. The van der Waals surface area contributed by atoms with Gasteiger partial charge in [0, 0.05) is 23.5 Å². The van der Waals surface area contributed by atoms with Crippen molar-refractivity contribution in [3.63, 3.8) is 0 Å². The molecular formula is C20H20N4O3. The molecule has 2 amide bonds. The Balaban J connectivity index is 1.79. The zero-order valence-corrected chi connectivity index (χ0v) is 15.4. The van der Waals surface area contributed by atoms with Crippen LogP contribution in [0.5, 0.6) is 0 Å². The van der Waals surface area contributed by atoms with Crippen LogP contribution in [-0.4, -0.2) is 22.0 Å². The highest BCUT2D eigenvalue weighted by Crippen LogP contribution is 2.22. The molecule has 0 saturated carbocycles. The number of anilines is 2. The zero-order valence-electron chi connectivity index (χ0n) is 15.4. The summed E-state index contributed by atoms with van der Waals surface area (Å²) in [6.45, 7) is 5.69. The van der Waals surface area contributed by atoms with Crippen molar-refractivity contribution in [2.75, 3.05) is 10.6 Å². The van der Waals surface area contributed by atoms with Crippen molar-refractivity contribution in [2.45, 2.75) is 27.2 Å². The van der Waals surface area contributed by atoms with Gasteiger partial charge in [0.1, 0.15) is 11.5 Å². The van der Waals surface area contributed by atoms with Gasteiger partial charge in [-0.1, -0.05) is 30.3 Å². The number of nitrogens with one attached hydrogen (secondary N) is 2. The van der Waals surface area contributed by atoms with Crippen LogP contribution in [-0.2, 0) is 6.42 Å². The third-order valence-electron chi connectivity index (χ3n) is 4.10. The fourth-order valence-corrected chi connectivity index (χ4v) is 2.69. The summed E-state index contributed by atoms with van der Waals surface area (Å²) in [5, 5.41) is 9.25. The van der Waals surface area contributed by atoms with Gasteiger partial charge >= 0.3 is 0 Å². The first-order chi connectivity index (χ1) is 13.0. The third kappa shape index (κ3) is 4.20. The van der Waals surface area contributed by atoms with Crippen molar-refractivity contribution < 1.29 is 14.1 Å². The van der Waals surface area contributed by atoms with E-state index in [4.69, 9.17) is 4.52 Å². The van der Waals surface area contributed by atoms with E-state index in [2.05, 4.69) is 20.8 Å². The lowest BCUT2D eigenvalue weighted by molar-refractivity contribution is 0.102. The molecule has 0 saturated heterocycles. The van der Waals surface area contributed by atoms with E-state index >= 15 is 0 Å². The maximum atomic E-state index is 12.6. The molecule has 3 aromatic rings. The van der Waals surface area contributed by atoms with Crippen molar-refractivity contribution in [3.8, 4) is 0 Å². The average Bonchev–Trinajstić information content (AvgIpc) is 3.08. The Labute approximate surface area is 156 Å². The second-order valence-corrected chi connectivity index (χ2v) is 6.12. The lowest BCUT2D eigenvalue weighted by Gasteiger charge is -2.13. The van der Waals surface area contributed by atoms with Crippen LogP contribution in [0.1, 0.15) is 44.7 Å². The van der Waals surface area contributed by atoms with E-state index in [9.17, 15) is 9.59 Å². The Hall–Kier alpha value is -3.48. The van der Waals surface area contributed by atoms with E-state index in [0.717, 1.165) is 23.2 Å². The quantitative estimate of drug-likeness (QED) is 0.718. The second kappa shape index (κ2) is 7.82. The molecule has 3 rings (SSSR count). The lowest BCUT2D eigenvalue weighted by atomic mass is 10.1. The van der Waals surface area contributed by atoms with Gasteiger partial charge in [-0.05, 0) is 43.5 Å². The Morgan fingerprint density at radius 2 is 1.89 bits per heavy atom. The molecule has 7 nitrogen and oxygen atoms in total. The number of aryl methyl sites for hydroxylation is 3. The number of pyridine rings is 1. The summed E-state index contributed by atoms with van der Waals surface area (Å²) in [5.74, 6) is 0.133. The monoisotopic (exact) mass is 364 g/mol. The molecule has 0 atom stereocenters. The number of hydrogen-bond acceptors (Lipinski definition) is 5. The maximum Gasteiger partial charge on any atom is 0.274 e. The molecule has 1 aromatic carbocycles. The van der Waals surface area contributed by atoms with Gasteiger partial charge in [-0.3, -0.25) is 14.6 Å². The molecular weight excluding hydrogens is 344 g/mol. The molecule has 2 heterocycles. The van der Waals surface area contributed by atoms with E-state index in [0.29, 0.717) is 17.1 Å². The summed E-state index contributed by atoms with van der Waals surface area (Å²) in [5.41, 5.74) is 3.25. The number of aromatic nitrogens is 2. The van der Waals surface area contributed by atoms with Gasteiger partial charge in [0.2, 0.25) is 0 Å². The minimum absolute atomic E-state index is 0.157. The fourth-order valence-electron chi connectivity index (χ4n) is 2.69. The maximum absolute atomic E-state index is 12.6. The smallest absolute Gasteiger partial charge is 0.274 e. The van der Waals surface area contributed by atoms with Crippen molar-refractivity contribution >= 4 is 23.3 Å². The number of nitrogens with zero attached hydrogens (tertiary/aromatic N) is 2. The fraction of sp³-hybridized carbons (Fsp3) is 0.200. The normalized spacial score (nSPS) is 10.5. The number of carbonyl (C=O) groups excluding carboxylic acids is 2. The predicted octanol–water partition coefficient (Wildman–Crippen LogP) is 3.75. The number of hydrogen-bond donors (Lipinski definition) is 2. The Kier molecular flexibility index (Phi) is 5.30. The van der Waals surface area contributed by atoms with E-state index in [1.165, 1.54) is 18.3 Å². The van der Waals surface area contributed by atoms with Gasteiger partial charge in [-0.15, -0.1) is 0 Å². The van der Waals surface area contributed by atoms with Crippen LogP contribution in [0.4, 0.5) is 11.5 Å². The second-order valence-electron chi connectivity index (χ2n) is 6.12. The van der Waals surface area contributed by atoms with E-state index in [1.807, 2.05) is 32.0 Å². The molecule has 2 N–H and O–H groups in total. The first-order valence-electron chi connectivity index (χ1n) is 8.58. The van der Waals surface area contributed by atoms with Crippen LogP contribution in [0, 0.1) is 13.8 Å². The zero-order chi connectivity index (χ0) is 19.4. The minimum atomic E-state index is -0.398. The first kappa shape index (κ1) is 18.3. The van der Waals surface area contributed by atoms with Gasteiger partial charge in [-0.25, -0.2) is 0 Å². The number of carbonyl (C=O) groups is 2.